The van der Waals surface area contributed by atoms with Crippen molar-refractivity contribution in [2.45, 2.75) is 33.5 Å². The molecular formula is C33H32NOSi+. The molecule has 0 fully saturated rings. The summed E-state index contributed by atoms with van der Waals surface area (Å²) >= 11 is 0. The molecule has 0 atom stereocenters. The molecule has 2 nitrogen and oxygen atoms in total. The quantitative estimate of drug-likeness (QED) is 0.183. The second-order valence-corrected chi connectivity index (χ2v) is 16.1. The van der Waals surface area contributed by atoms with Crippen LogP contribution in [0, 0.1) is 13.8 Å². The predicted octanol–water partition coefficient (Wildman–Crippen LogP) is 8.06. The lowest BCUT2D eigenvalue weighted by molar-refractivity contribution is -0.633. The zero-order valence-electron chi connectivity index (χ0n) is 21.9. The normalized spacial score (nSPS) is 12.2. The van der Waals surface area contributed by atoms with Crippen LogP contribution in [0.3, 0.4) is 0 Å². The van der Waals surface area contributed by atoms with Gasteiger partial charge >= 0.3 is 0 Å². The van der Waals surface area contributed by atoms with Crippen molar-refractivity contribution in [3.8, 4) is 22.4 Å². The van der Waals surface area contributed by atoms with Gasteiger partial charge in [0.05, 0.1) is 13.6 Å². The highest BCUT2D eigenvalue weighted by Gasteiger charge is 2.24. The molecule has 0 aliphatic carbocycles. The van der Waals surface area contributed by atoms with Crippen molar-refractivity contribution in [1.82, 2.24) is 0 Å². The third-order valence-corrected chi connectivity index (χ3v) is 9.73. The van der Waals surface area contributed by atoms with Gasteiger partial charge in [0.2, 0.25) is 11.2 Å². The molecule has 36 heavy (non-hydrogen) atoms. The van der Waals surface area contributed by atoms with Crippen LogP contribution in [0.4, 0.5) is 0 Å². The lowest BCUT2D eigenvalue weighted by Crippen LogP contribution is -2.38. The second kappa shape index (κ2) is 8.18. The maximum atomic E-state index is 6.66. The van der Waals surface area contributed by atoms with Crippen LogP contribution in [0.15, 0.2) is 89.3 Å². The molecule has 2 heterocycles. The number of hydrogen-bond donors (Lipinski definition) is 0. The fourth-order valence-corrected chi connectivity index (χ4v) is 6.55. The monoisotopic (exact) mass is 486 g/mol. The molecule has 0 radical (unpaired) electrons. The molecular weight excluding hydrogens is 454 g/mol. The van der Waals surface area contributed by atoms with Gasteiger partial charge in [-0.05, 0) is 66.4 Å². The first-order chi connectivity index (χ1) is 17.2. The highest BCUT2D eigenvalue weighted by atomic mass is 28.3. The number of aryl methyl sites for hydroxylation is 2. The summed E-state index contributed by atoms with van der Waals surface area (Å²) in [6.07, 6.45) is 0. The molecule has 178 valence electrons. The van der Waals surface area contributed by atoms with E-state index in [-0.39, 0.29) is 0 Å². The zero-order valence-corrected chi connectivity index (χ0v) is 22.9. The first-order valence-electron chi connectivity index (χ1n) is 12.7. The molecule has 0 saturated heterocycles. The van der Waals surface area contributed by atoms with E-state index >= 15 is 0 Å². The summed E-state index contributed by atoms with van der Waals surface area (Å²) in [6, 6.07) is 30.9. The van der Waals surface area contributed by atoms with Crippen LogP contribution < -0.4 is 9.75 Å². The third-order valence-electron chi connectivity index (χ3n) is 7.68. The minimum absolute atomic E-state index is 0.931. The van der Waals surface area contributed by atoms with Gasteiger partial charge in [0.1, 0.15) is 18.2 Å². The van der Waals surface area contributed by atoms with Gasteiger partial charge in [-0.3, -0.25) is 0 Å². The standard InChI is InChI=1S/C33H32NOSi/c1-21-18-28-27-15-12-24(23-10-8-7-9-11-23)20-31(27)35-33(28)32(22(21)2)30-16-13-25-19-26(36(4,5)6)14-17-29(25)34(30)3/h7-20H,1-6H3/q+1. The Morgan fingerprint density at radius 3 is 2.25 bits per heavy atom. The average molecular weight is 487 g/mol. The number of fused-ring (bicyclic) bond motifs is 4. The lowest BCUT2D eigenvalue weighted by Gasteiger charge is -2.17. The van der Waals surface area contributed by atoms with Crippen LogP contribution in [0.1, 0.15) is 11.1 Å². The Hall–Kier alpha value is -3.69. The van der Waals surface area contributed by atoms with Gasteiger partial charge < -0.3 is 4.42 Å². The van der Waals surface area contributed by atoms with Crippen LogP contribution in [-0.2, 0) is 7.05 Å². The number of rotatable bonds is 3. The van der Waals surface area contributed by atoms with Crippen molar-refractivity contribution in [2.24, 2.45) is 7.05 Å². The number of benzene rings is 4. The van der Waals surface area contributed by atoms with E-state index < -0.39 is 8.07 Å². The van der Waals surface area contributed by atoms with E-state index in [1.807, 2.05) is 0 Å². The maximum Gasteiger partial charge on any atom is 0.216 e. The highest BCUT2D eigenvalue weighted by molar-refractivity contribution is 6.88. The molecule has 2 aromatic heterocycles. The van der Waals surface area contributed by atoms with Crippen molar-refractivity contribution in [2.75, 3.05) is 0 Å². The SMILES string of the molecule is Cc1cc2c(oc3cc(-c4ccccc4)ccc32)c(-c2ccc3cc([Si](C)(C)C)ccc3[n+]2C)c1C. The second-order valence-electron chi connectivity index (χ2n) is 11.1. The van der Waals surface area contributed by atoms with Crippen molar-refractivity contribution in [3.05, 3.63) is 96.1 Å². The zero-order chi connectivity index (χ0) is 25.2. The van der Waals surface area contributed by atoms with Crippen molar-refractivity contribution in [1.29, 1.82) is 0 Å². The van der Waals surface area contributed by atoms with E-state index in [0.29, 0.717) is 0 Å². The van der Waals surface area contributed by atoms with Gasteiger partial charge in [-0.15, -0.1) is 0 Å². The highest BCUT2D eigenvalue weighted by Crippen LogP contribution is 2.40. The average Bonchev–Trinajstić information content (AvgIpc) is 3.22. The summed E-state index contributed by atoms with van der Waals surface area (Å²) in [7, 11) is 0.806. The first kappa shape index (κ1) is 22.8. The minimum Gasteiger partial charge on any atom is -0.455 e. The van der Waals surface area contributed by atoms with E-state index in [2.05, 4.69) is 130 Å². The van der Waals surface area contributed by atoms with Crippen LogP contribution in [0.5, 0.6) is 0 Å². The molecule has 3 heteroatoms. The minimum atomic E-state index is -1.37. The van der Waals surface area contributed by atoms with Crippen molar-refractivity contribution < 1.29 is 8.98 Å². The number of aromatic nitrogens is 1. The Bertz CT molecular complexity index is 1790. The first-order valence-corrected chi connectivity index (χ1v) is 16.2. The van der Waals surface area contributed by atoms with Gasteiger partial charge in [0, 0.05) is 28.3 Å². The Morgan fingerprint density at radius 1 is 0.722 bits per heavy atom. The summed E-state index contributed by atoms with van der Waals surface area (Å²) in [5, 5.41) is 5.12. The summed E-state index contributed by atoms with van der Waals surface area (Å²) in [4.78, 5) is 0. The molecule has 0 unspecified atom stereocenters. The van der Waals surface area contributed by atoms with Gasteiger partial charge in [-0.2, -0.15) is 4.57 Å². The number of furan rings is 1. The molecule has 6 aromatic rings. The molecule has 0 aliphatic heterocycles. The smallest absolute Gasteiger partial charge is 0.216 e. The van der Waals surface area contributed by atoms with E-state index in [9.17, 15) is 0 Å². The molecule has 0 spiro atoms. The third kappa shape index (κ3) is 3.58. The van der Waals surface area contributed by atoms with Gasteiger partial charge in [0.15, 0.2) is 0 Å². The molecule has 0 bridgehead atoms. The van der Waals surface area contributed by atoms with E-state index in [4.69, 9.17) is 4.42 Å². The van der Waals surface area contributed by atoms with Crippen LogP contribution in [0.25, 0.3) is 55.2 Å². The Morgan fingerprint density at radius 2 is 1.50 bits per heavy atom. The van der Waals surface area contributed by atoms with Crippen LogP contribution in [0.2, 0.25) is 19.6 Å². The molecule has 4 aromatic carbocycles. The molecule has 0 aliphatic rings. The maximum absolute atomic E-state index is 6.66. The Kier molecular flexibility index (Phi) is 5.17. The topological polar surface area (TPSA) is 17.0 Å². The molecule has 6 rings (SSSR count). The van der Waals surface area contributed by atoms with E-state index in [1.54, 1.807) is 0 Å². The van der Waals surface area contributed by atoms with Crippen LogP contribution >= 0.6 is 0 Å². The molecule has 0 N–H and O–H groups in total. The van der Waals surface area contributed by atoms with Crippen molar-refractivity contribution >= 4 is 46.1 Å². The summed E-state index contributed by atoms with van der Waals surface area (Å²) < 4.78 is 8.99. The fraction of sp³-hybridized carbons (Fsp3) is 0.182. The summed E-state index contributed by atoms with van der Waals surface area (Å²) in [6.45, 7) is 11.6. The van der Waals surface area contributed by atoms with Gasteiger partial charge in [0.25, 0.3) is 0 Å². The van der Waals surface area contributed by atoms with Crippen molar-refractivity contribution in [3.63, 3.8) is 0 Å². The number of nitrogens with zero attached hydrogens (tertiary/aromatic N) is 1. The summed E-state index contributed by atoms with van der Waals surface area (Å²) in [5.74, 6) is 0. The fourth-order valence-electron chi connectivity index (χ4n) is 5.38. The Balaban J connectivity index is 1.60. The van der Waals surface area contributed by atoms with Gasteiger partial charge in [-0.25, -0.2) is 0 Å². The summed E-state index contributed by atoms with van der Waals surface area (Å²) in [5.41, 5.74) is 10.4. The molecule has 0 amide bonds. The number of hydrogen-bond acceptors (Lipinski definition) is 1. The largest absolute Gasteiger partial charge is 0.455 e. The predicted molar refractivity (Wildman–Crippen MR) is 156 cm³/mol. The lowest BCUT2D eigenvalue weighted by atomic mass is 9.95. The van der Waals surface area contributed by atoms with E-state index in [0.717, 1.165) is 16.6 Å². The van der Waals surface area contributed by atoms with Crippen LogP contribution in [-0.4, -0.2) is 8.07 Å². The van der Waals surface area contributed by atoms with Gasteiger partial charge in [-0.1, -0.05) is 67.3 Å². The Labute approximate surface area is 213 Å². The van der Waals surface area contributed by atoms with E-state index in [1.165, 1.54) is 55.0 Å². The molecule has 0 saturated carbocycles. The number of pyridine rings is 1.